The Morgan fingerprint density at radius 3 is 2.82 bits per heavy atom. The number of methoxy groups -OCH3 is 1. The molecule has 0 saturated carbocycles. The highest BCUT2D eigenvalue weighted by atomic mass is 16.5. The van der Waals surface area contributed by atoms with E-state index < -0.39 is 17.9 Å². The van der Waals surface area contributed by atoms with Crippen molar-refractivity contribution in [2.75, 3.05) is 12.8 Å². The standard InChI is InChI=1S/C19H17N5O4/c1-10(18(26)27-2)22-17(25)14-8-21-16-6-4-12(9-24(14)16)11-3-5-15-13(7-11)23-19(20)28-15/h3-10H,1-2H3,(H2,20,23)(H,22,25)/t10-/m0/s1. The molecule has 4 rings (SSSR count). The maximum atomic E-state index is 12.6. The maximum absolute atomic E-state index is 12.6. The zero-order valence-electron chi connectivity index (χ0n) is 15.2. The van der Waals surface area contributed by atoms with Gasteiger partial charge in [-0.3, -0.25) is 9.20 Å². The van der Waals surface area contributed by atoms with Gasteiger partial charge in [-0.25, -0.2) is 9.78 Å². The van der Waals surface area contributed by atoms with E-state index in [1.807, 2.05) is 18.2 Å². The SMILES string of the molecule is COC(=O)[C@H](C)NC(=O)c1cnc2ccc(-c3ccc4oc(N)nc4c3)cn12. The molecule has 28 heavy (non-hydrogen) atoms. The van der Waals surface area contributed by atoms with Crippen LogP contribution in [0.2, 0.25) is 0 Å². The molecule has 0 radical (unpaired) electrons. The van der Waals surface area contributed by atoms with Crippen LogP contribution in [0.1, 0.15) is 17.4 Å². The summed E-state index contributed by atoms with van der Waals surface area (Å²) in [6.07, 6.45) is 3.25. The molecule has 0 fully saturated rings. The van der Waals surface area contributed by atoms with Crippen LogP contribution in [0.4, 0.5) is 6.01 Å². The molecule has 9 nitrogen and oxygen atoms in total. The van der Waals surface area contributed by atoms with Crippen molar-refractivity contribution < 1.29 is 18.7 Å². The zero-order chi connectivity index (χ0) is 19.8. The Kier molecular flexibility index (Phi) is 4.19. The van der Waals surface area contributed by atoms with Crippen LogP contribution in [-0.2, 0) is 9.53 Å². The van der Waals surface area contributed by atoms with Gasteiger partial charge >= 0.3 is 5.97 Å². The number of hydrogen-bond acceptors (Lipinski definition) is 7. The molecule has 1 amide bonds. The molecule has 0 aliphatic rings. The smallest absolute Gasteiger partial charge is 0.328 e. The van der Waals surface area contributed by atoms with Crippen LogP contribution in [0.15, 0.2) is 47.1 Å². The summed E-state index contributed by atoms with van der Waals surface area (Å²) in [5, 5.41) is 2.60. The minimum atomic E-state index is -0.772. The molecule has 142 valence electrons. The highest BCUT2D eigenvalue weighted by Gasteiger charge is 2.19. The van der Waals surface area contributed by atoms with E-state index in [0.29, 0.717) is 22.4 Å². The highest BCUT2D eigenvalue weighted by Crippen LogP contribution is 2.26. The molecule has 0 spiro atoms. The zero-order valence-corrected chi connectivity index (χ0v) is 15.2. The summed E-state index contributed by atoms with van der Waals surface area (Å²) in [7, 11) is 1.27. The monoisotopic (exact) mass is 379 g/mol. The number of hydrogen-bond donors (Lipinski definition) is 2. The topological polar surface area (TPSA) is 125 Å². The van der Waals surface area contributed by atoms with Crippen LogP contribution in [0.25, 0.3) is 27.9 Å². The molecule has 3 aromatic heterocycles. The summed E-state index contributed by atoms with van der Waals surface area (Å²) in [6, 6.07) is 8.55. The van der Waals surface area contributed by atoms with Crippen molar-refractivity contribution in [3.8, 4) is 11.1 Å². The van der Waals surface area contributed by atoms with Gasteiger partial charge in [0.25, 0.3) is 11.9 Å². The average molecular weight is 379 g/mol. The number of carbonyl (C=O) groups is 2. The second kappa shape index (κ2) is 6.69. The molecule has 9 heteroatoms. The summed E-state index contributed by atoms with van der Waals surface area (Å²) in [4.78, 5) is 32.5. The van der Waals surface area contributed by atoms with Crippen molar-refractivity contribution in [2.45, 2.75) is 13.0 Å². The lowest BCUT2D eigenvalue weighted by Crippen LogP contribution is -2.39. The summed E-state index contributed by atoms with van der Waals surface area (Å²) < 4.78 is 11.6. The molecule has 1 aromatic carbocycles. The Hall–Kier alpha value is -3.88. The normalized spacial score (nSPS) is 12.2. The molecule has 0 aliphatic carbocycles. The fourth-order valence-corrected chi connectivity index (χ4v) is 2.95. The number of benzene rings is 1. The van der Waals surface area contributed by atoms with Crippen molar-refractivity contribution >= 4 is 34.6 Å². The molecule has 3 N–H and O–H groups in total. The van der Waals surface area contributed by atoms with Crippen molar-refractivity contribution in [3.63, 3.8) is 0 Å². The lowest BCUT2D eigenvalue weighted by atomic mass is 10.1. The van der Waals surface area contributed by atoms with Gasteiger partial charge in [-0.15, -0.1) is 0 Å². The van der Waals surface area contributed by atoms with Crippen LogP contribution in [0.5, 0.6) is 0 Å². The third-order valence-corrected chi connectivity index (χ3v) is 4.38. The third kappa shape index (κ3) is 3.02. The highest BCUT2D eigenvalue weighted by molar-refractivity contribution is 5.96. The van der Waals surface area contributed by atoms with Crippen molar-refractivity contribution in [2.24, 2.45) is 0 Å². The van der Waals surface area contributed by atoms with Gasteiger partial charge in [-0.1, -0.05) is 6.07 Å². The van der Waals surface area contributed by atoms with Crippen LogP contribution >= 0.6 is 0 Å². The quantitative estimate of drug-likeness (QED) is 0.520. The molecule has 1 atom stereocenters. The van der Waals surface area contributed by atoms with Crippen molar-refractivity contribution in [1.82, 2.24) is 19.7 Å². The van der Waals surface area contributed by atoms with E-state index in [4.69, 9.17) is 10.2 Å². The maximum Gasteiger partial charge on any atom is 0.328 e. The van der Waals surface area contributed by atoms with E-state index in [-0.39, 0.29) is 6.01 Å². The summed E-state index contributed by atoms with van der Waals surface area (Å²) >= 11 is 0. The van der Waals surface area contributed by atoms with Crippen LogP contribution in [0.3, 0.4) is 0 Å². The fraction of sp³-hybridized carbons (Fsp3) is 0.158. The number of imidazole rings is 1. The number of nitrogens with zero attached hydrogens (tertiary/aromatic N) is 3. The van der Waals surface area contributed by atoms with E-state index in [2.05, 4.69) is 20.0 Å². The Bertz CT molecular complexity index is 1210. The predicted octanol–water partition coefficient (Wildman–Crippen LogP) is 2.02. The van der Waals surface area contributed by atoms with Crippen LogP contribution in [0, 0.1) is 0 Å². The van der Waals surface area contributed by atoms with Gasteiger partial charge < -0.3 is 20.2 Å². The number of pyridine rings is 1. The number of carbonyl (C=O) groups excluding carboxylic acids is 2. The second-order valence-corrected chi connectivity index (χ2v) is 6.24. The van der Waals surface area contributed by atoms with Gasteiger partial charge in [-0.05, 0) is 42.3 Å². The summed E-state index contributed by atoms with van der Waals surface area (Å²) in [6.45, 7) is 1.55. The molecule has 3 heterocycles. The van der Waals surface area contributed by atoms with Gasteiger partial charge in [0.1, 0.15) is 22.9 Å². The second-order valence-electron chi connectivity index (χ2n) is 6.24. The lowest BCUT2D eigenvalue weighted by molar-refractivity contribution is -0.142. The van der Waals surface area contributed by atoms with Crippen molar-refractivity contribution in [1.29, 1.82) is 0 Å². The predicted molar refractivity (Wildman–Crippen MR) is 102 cm³/mol. The van der Waals surface area contributed by atoms with Crippen LogP contribution in [-0.4, -0.2) is 39.4 Å². The van der Waals surface area contributed by atoms with Gasteiger partial charge in [0, 0.05) is 6.20 Å². The van der Waals surface area contributed by atoms with Gasteiger partial charge in [0.05, 0.1) is 13.3 Å². The largest absolute Gasteiger partial charge is 0.467 e. The number of nitrogen functional groups attached to an aromatic ring is 1. The molecular formula is C19H17N5O4. The van der Waals surface area contributed by atoms with E-state index in [1.165, 1.54) is 13.3 Å². The molecular weight excluding hydrogens is 362 g/mol. The number of nitrogens with one attached hydrogen (secondary N) is 1. The first-order chi connectivity index (χ1) is 13.5. The third-order valence-electron chi connectivity index (χ3n) is 4.38. The van der Waals surface area contributed by atoms with Crippen molar-refractivity contribution in [3.05, 3.63) is 48.4 Å². The van der Waals surface area contributed by atoms with E-state index in [9.17, 15) is 9.59 Å². The fourth-order valence-electron chi connectivity index (χ4n) is 2.95. The molecule has 0 aliphatic heterocycles. The number of aromatic nitrogens is 3. The molecule has 0 bridgehead atoms. The number of ether oxygens (including phenoxy) is 1. The number of amides is 1. The van der Waals surface area contributed by atoms with Gasteiger partial charge in [0.2, 0.25) is 0 Å². The average Bonchev–Trinajstić information content (AvgIpc) is 3.28. The first-order valence-electron chi connectivity index (χ1n) is 8.48. The van der Waals surface area contributed by atoms with E-state index in [0.717, 1.165) is 11.1 Å². The number of anilines is 1. The van der Waals surface area contributed by atoms with E-state index in [1.54, 1.807) is 29.7 Å². The minimum absolute atomic E-state index is 0.107. The Balaban J connectivity index is 1.70. The number of fused-ring (bicyclic) bond motifs is 2. The number of rotatable bonds is 4. The first-order valence-corrected chi connectivity index (χ1v) is 8.48. The molecule has 0 saturated heterocycles. The van der Waals surface area contributed by atoms with Gasteiger partial charge in [0.15, 0.2) is 5.58 Å². The lowest BCUT2D eigenvalue weighted by Gasteiger charge is -2.11. The summed E-state index contributed by atoms with van der Waals surface area (Å²) in [5.41, 5.74) is 9.48. The minimum Gasteiger partial charge on any atom is -0.467 e. The molecule has 0 unspecified atom stereocenters. The Morgan fingerprint density at radius 2 is 2.04 bits per heavy atom. The Labute approximate surface area is 159 Å². The van der Waals surface area contributed by atoms with E-state index >= 15 is 0 Å². The number of nitrogens with two attached hydrogens (primary N) is 1. The number of oxazole rings is 1. The number of esters is 1. The first kappa shape index (κ1) is 17.5. The molecule has 4 aromatic rings. The Morgan fingerprint density at radius 1 is 1.25 bits per heavy atom. The van der Waals surface area contributed by atoms with Crippen LogP contribution < -0.4 is 11.1 Å². The van der Waals surface area contributed by atoms with Gasteiger partial charge in [-0.2, -0.15) is 4.98 Å². The summed E-state index contributed by atoms with van der Waals surface area (Å²) in [5.74, 6) is -0.953.